The standard InChI is InChI=1S/C16H21FN2O4S/c1-12-11-13(4-5-14(12)17)24(21,22)19-8-6-18(7-9-19)16(20)15-3-2-10-23-15/h4-5,11,15H,2-3,6-10H2,1H3. The van der Waals surface area contributed by atoms with E-state index in [2.05, 4.69) is 0 Å². The van der Waals surface area contributed by atoms with Crippen molar-refractivity contribution in [2.45, 2.75) is 30.8 Å². The van der Waals surface area contributed by atoms with Gasteiger partial charge in [0.2, 0.25) is 10.0 Å². The van der Waals surface area contributed by atoms with Crippen molar-refractivity contribution >= 4 is 15.9 Å². The number of benzene rings is 1. The summed E-state index contributed by atoms with van der Waals surface area (Å²) >= 11 is 0. The second-order valence-electron chi connectivity index (χ2n) is 6.14. The number of piperazine rings is 1. The van der Waals surface area contributed by atoms with Gasteiger partial charge < -0.3 is 9.64 Å². The van der Waals surface area contributed by atoms with Crippen LogP contribution in [0.1, 0.15) is 18.4 Å². The van der Waals surface area contributed by atoms with E-state index >= 15 is 0 Å². The van der Waals surface area contributed by atoms with Crippen LogP contribution in [0.3, 0.4) is 0 Å². The van der Waals surface area contributed by atoms with Crippen molar-refractivity contribution < 1.29 is 22.3 Å². The molecule has 0 aromatic heterocycles. The first-order chi connectivity index (χ1) is 11.4. The maximum Gasteiger partial charge on any atom is 0.251 e. The van der Waals surface area contributed by atoms with Crippen molar-refractivity contribution in [3.63, 3.8) is 0 Å². The molecule has 1 aromatic rings. The van der Waals surface area contributed by atoms with E-state index in [1.165, 1.54) is 29.4 Å². The van der Waals surface area contributed by atoms with Crippen LogP contribution < -0.4 is 0 Å². The summed E-state index contributed by atoms with van der Waals surface area (Å²) in [4.78, 5) is 14.0. The minimum absolute atomic E-state index is 0.0535. The summed E-state index contributed by atoms with van der Waals surface area (Å²) in [6.45, 7) is 3.30. The molecule has 2 heterocycles. The van der Waals surface area contributed by atoms with Crippen molar-refractivity contribution in [1.82, 2.24) is 9.21 Å². The van der Waals surface area contributed by atoms with E-state index in [0.29, 0.717) is 25.3 Å². The first-order valence-electron chi connectivity index (χ1n) is 8.06. The Kier molecular flexibility index (Phi) is 4.89. The third-order valence-electron chi connectivity index (χ3n) is 4.52. The van der Waals surface area contributed by atoms with Gasteiger partial charge in [-0.25, -0.2) is 12.8 Å². The number of carbonyl (C=O) groups excluding carboxylic acids is 1. The zero-order chi connectivity index (χ0) is 17.3. The number of hydrogen-bond acceptors (Lipinski definition) is 4. The molecule has 132 valence electrons. The fraction of sp³-hybridized carbons (Fsp3) is 0.562. The molecule has 0 aliphatic carbocycles. The quantitative estimate of drug-likeness (QED) is 0.815. The Morgan fingerprint density at radius 1 is 1.25 bits per heavy atom. The highest BCUT2D eigenvalue weighted by atomic mass is 32.2. The topological polar surface area (TPSA) is 66.9 Å². The van der Waals surface area contributed by atoms with Gasteiger partial charge in [0.15, 0.2) is 0 Å². The zero-order valence-electron chi connectivity index (χ0n) is 13.6. The van der Waals surface area contributed by atoms with E-state index in [4.69, 9.17) is 4.74 Å². The predicted molar refractivity (Wildman–Crippen MR) is 85.4 cm³/mol. The van der Waals surface area contributed by atoms with Crippen LogP contribution in [0.2, 0.25) is 0 Å². The summed E-state index contributed by atoms with van der Waals surface area (Å²) in [6, 6.07) is 3.79. The van der Waals surface area contributed by atoms with Crippen molar-refractivity contribution in [3.05, 3.63) is 29.6 Å². The van der Waals surface area contributed by atoms with Gasteiger partial charge in [0.25, 0.3) is 5.91 Å². The summed E-state index contributed by atoms with van der Waals surface area (Å²) in [5, 5.41) is 0. The molecule has 2 fully saturated rings. The minimum atomic E-state index is -3.67. The van der Waals surface area contributed by atoms with Crippen LogP contribution in [0, 0.1) is 12.7 Å². The fourth-order valence-corrected chi connectivity index (χ4v) is 4.56. The number of aryl methyl sites for hydroxylation is 1. The van der Waals surface area contributed by atoms with Gasteiger partial charge in [0, 0.05) is 32.8 Å². The van der Waals surface area contributed by atoms with E-state index in [1.807, 2.05) is 0 Å². The Hall–Kier alpha value is -1.51. The lowest BCUT2D eigenvalue weighted by atomic mass is 10.2. The van der Waals surface area contributed by atoms with E-state index in [1.54, 1.807) is 4.90 Å². The van der Waals surface area contributed by atoms with Gasteiger partial charge in [0.05, 0.1) is 4.90 Å². The smallest absolute Gasteiger partial charge is 0.251 e. The molecule has 0 N–H and O–H groups in total. The molecule has 1 atom stereocenters. The summed E-state index contributed by atoms with van der Waals surface area (Å²) in [5.74, 6) is -0.483. The monoisotopic (exact) mass is 356 g/mol. The van der Waals surface area contributed by atoms with Crippen LogP contribution in [0.4, 0.5) is 4.39 Å². The molecule has 0 spiro atoms. The highest BCUT2D eigenvalue weighted by Crippen LogP contribution is 2.21. The van der Waals surface area contributed by atoms with E-state index in [9.17, 15) is 17.6 Å². The Morgan fingerprint density at radius 3 is 2.54 bits per heavy atom. The average Bonchev–Trinajstić information content (AvgIpc) is 3.11. The number of rotatable bonds is 3. The number of amides is 1. The SMILES string of the molecule is Cc1cc(S(=O)(=O)N2CCN(C(=O)C3CCCO3)CC2)ccc1F. The second kappa shape index (κ2) is 6.78. The number of halogens is 1. The lowest BCUT2D eigenvalue weighted by molar-refractivity contribution is -0.142. The van der Waals surface area contributed by atoms with Crippen LogP contribution >= 0.6 is 0 Å². The third kappa shape index (κ3) is 3.31. The van der Waals surface area contributed by atoms with Gasteiger partial charge in [-0.2, -0.15) is 4.31 Å². The Labute approximate surface area is 141 Å². The van der Waals surface area contributed by atoms with Crippen LogP contribution in [0.15, 0.2) is 23.1 Å². The summed E-state index contributed by atoms with van der Waals surface area (Å²) in [6.07, 6.45) is 1.23. The molecule has 6 nitrogen and oxygen atoms in total. The first-order valence-corrected chi connectivity index (χ1v) is 9.50. The molecule has 1 aromatic carbocycles. The van der Waals surface area contributed by atoms with Crippen molar-refractivity contribution in [1.29, 1.82) is 0 Å². The number of ether oxygens (including phenoxy) is 1. The number of nitrogens with zero attached hydrogens (tertiary/aromatic N) is 2. The molecule has 1 unspecified atom stereocenters. The Morgan fingerprint density at radius 2 is 1.96 bits per heavy atom. The lowest BCUT2D eigenvalue weighted by Gasteiger charge is -2.35. The van der Waals surface area contributed by atoms with Gasteiger partial charge in [-0.1, -0.05) is 0 Å². The van der Waals surface area contributed by atoms with Gasteiger partial charge in [-0.05, 0) is 43.5 Å². The molecular formula is C16H21FN2O4S. The van der Waals surface area contributed by atoms with Gasteiger partial charge >= 0.3 is 0 Å². The summed E-state index contributed by atoms with van der Waals surface area (Å²) in [5.41, 5.74) is 0.295. The maximum atomic E-state index is 13.4. The lowest BCUT2D eigenvalue weighted by Crippen LogP contribution is -2.52. The first kappa shape index (κ1) is 17.3. The van der Waals surface area contributed by atoms with Crippen LogP contribution in [-0.2, 0) is 19.6 Å². The Balaban J connectivity index is 1.67. The van der Waals surface area contributed by atoms with Gasteiger partial charge in [0.1, 0.15) is 11.9 Å². The molecular weight excluding hydrogens is 335 g/mol. The molecule has 1 amide bonds. The highest BCUT2D eigenvalue weighted by molar-refractivity contribution is 7.89. The van der Waals surface area contributed by atoms with Crippen LogP contribution in [0.25, 0.3) is 0 Å². The predicted octanol–water partition coefficient (Wildman–Crippen LogP) is 1.15. The third-order valence-corrected chi connectivity index (χ3v) is 6.42. The molecule has 3 rings (SSSR count). The fourth-order valence-electron chi connectivity index (χ4n) is 3.05. The van der Waals surface area contributed by atoms with Crippen molar-refractivity contribution in [3.8, 4) is 0 Å². The van der Waals surface area contributed by atoms with Crippen LogP contribution in [-0.4, -0.2) is 62.4 Å². The highest BCUT2D eigenvalue weighted by Gasteiger charge is 2.34. The molecule has 0 bridgehead atoms. The minimum Gasteiger partial charge on any atom is -0.368 e. The van der Waals surface area contributed by atoms with Gasteiger partial charge in [-0.15, -0.1) is 0 Å². The molecule has 24 heavy (non-hydrogen) atoms. The molecule has 8 heteroatoms. The molecule has 2 saturated heterocycles. The summed E-state index contributed by atoms with van der Waals surface area (Å²) < 4.78 is 45.4. The zero-order valence-corrected chi connectivity index (χ0v) is 14.4. The summed E-state index contributed by atoms with van der Waals surface area (Å²) in [7, 11) is -3.67. The van der Waals surface area contributed by atoms with Crippen molar-refractivity contribution in [2.24, 2.45) is 0 Å². The average molecular weight is 356 g/mol. The molecule has 2 aliphatic rings. The van der Waals surface area contributed by atoms with Crippen LogP contribution in [0.5, 0.6) is 0 Å². The normalized spacial score (nSPS) is 22.8. The molecule has 2 aliphatic heterocycles. The van der Waals surface area contributed by atoms with Gasteiger partial charge in [-0.3, -0.25) is 4.79 Å². The maximum absolute atomic E-state index is 13.4. The van der Waals surface area contributed by atoms with E-state index in [-0.39, 0.29) is 30.0 Å². The van der Waals surface area contributed by atoms with Crippen molar-refractivity contribution in [2.75, 3.05) is 32.8 Å². The molecule has 0 saturated carbocycles. The number of hydrogen-bond donors (Lipinski definition) is 0. The van der Waals surface area contributed by atoms with E-state index < -0.39 is 15.8 Å². The number of carbonyl (C=O) groups is 1. The molecule has 0 radical (unpaired) electrons. The van der Waals surface area contributed by atoms with E-state index in [0.717, 1.165) is 12.8 Å². The Bertz CT molecular complexity index is 724. The number of sulfonamides is 1. The largest absolute Gasteiger partial charge is 0.368 e. The second-order valence-corrected chi connectivity index (χ2v) is 8.08.